The van der Waals surface area contributed by atoms with Crippen LogP contribution in [0.2, 0.25) is 10.0 Å². The van der Waals surface area contributed by atoms with Crippen LogP contribution in [0.15, 0.2) is 30.3 Å². The van der Waals surface area contributed by atoms with E-state index in [4.69, 9.17) is 23.2 Å². The van der Waals surface area contributed by atoms with Gasteiger partial charge in [-0.25, -0.2) is 9.18 Å². The second-order valence-corrected chi connectivity index (χ2v) is 8.20. The van der Waals surface area contributed by atoms with E-state index in [9.17, 15) is 9.18 Å². The lowest BCUT2D eigenvalue weighted by atomic mass is 10.1. The van der Waals surface area contributed by atoms with Crippen molar-refractivity contribution >= 4 is 40.1 Å². The number of rotatable bonds is 4. The Morgan fingerprint density at radius 1 is 1.24 bits per heavy atom. The maximum atomic E-state index is 14.5. The van der Waals surface area contributed by atoms with Crippen molar-refractivity contribution in [2.24, 2.45) is 0 Å². The molecule has 0 radical (unpaired) electrons. The molecule has 3 aromatic rings. The van der Waals surface area contributed by atoms with Gasteiger partial charge >= 0.3 is 5.97 Å². The SMILES string of the molecule is COC(=O)c1cc2c(C)nn(C3CCN(Cc4cc(Cl)cc(Cl)c4)C3)c2cc1F. The second kappa shape index (κ2) is 7.94. The molecule has 1 atom stereocenters. The van der Waals surface area contributed by atoms with Gasteiger partial charge in [-0.1, -0.05) is 23.2 Å². The topological polar surface area (TPSA) is 47.4 Å². The number of aryl methyl sites for hydroxylation is 1. The molecule has 0 aliphatic carbocycles. The summed E-state index contributed by atoms with van der Waals surface area (Å²) in [4.78, 5) is 14.1. The number of carbonyl (C=O) groups is 1. The Balaban J connectivity index is 1.59. The number of hydrogen-bond acceptors (Lipinski definition) is 4. The minimum Gasteiger partial charge on any atom is -0.465 e. The van der Waals surface area contributed by atoms with Gasteiger partial charge in [0.25, 0.3) is 0 Å². The maximum absolute atomic E-state index is 14.5. The zero-order valence-corrected chi connectivity index (χ0v) is 17.6. The third-order valence-electron chi connectivity index (χ3n) is 5.31. The normalized spacial score (nSPS) is 17.2. The van der Waals surface area contributed by atoms with Crippen LogP contribution in [0, 0.1) is 12.7 Å². The summed E-state index contributed by atoms with van der Waals surface area (Å²) in [5.74, 6) is -1.29. The third kappa shape index (κ3) is 3.97. The van der Waals surface area contributed by atoms with Gasteiger partial charge in [0.2, 0.25) is 0 Å². The zero-order valence-electron chi connectivity index (χ0n) is 16.1. The first-order chi connectivity index (χ1) is 13.9. The van der Waals surface area contributed by atoms with Gasteiger partial charge in [-0.2, -0.15) is 5.10 Å². The van der Waals surface area contributed by atoms with Crippen molar-refractivity contribution in [3.63, 3.8) is 0 Å². The molecule has 0 spiro atoms. The van der Waals surface area contributed by atoms with E-state index < -0.39 is 11.8 Å². The van der Waals surface area contributed by atoms with E-state index in [1.54, 1.807) is 6.07 Å². The van der Waals surface area contributed by atoms with Crippen LogP contribution in [0.5, 0.6) is 0 Å². The molecule has 1 unspecified atom stereocenters. The van der Waals surface area contributed by atoms with Crippen LogP contribution in [-0.4, -0.2) is 40.8 Å². The predicted molar refractivity (Wildman–Crippen MR) is 111 cm³/mol. The molecule has 4 rings (SSSR count). The number of benzene rings is 2. The molecule has 5 nitrogen and oxygen atoms in total. The monoisotopic (exact) mass is 435 g/mol. The van der Waals surface area contributed by atoms with E-state index in [2.05, 4.69) is 14.7 Å². The number of ether oxygens (including phenoxy) is 1. The van der Waals surface area contributed by atoms with Crippen molar-refractivity contribution in [2.75, 3.05) is 20.2 Å². The highest BCUT2D eigenvalue weighted by Gasteiger charge is 2.27. The number of methoxy groups -OCH3 is 1. The lowest BCUT2D eigenvalue weighted by Gasteiger charge is -2.17. The van der Waals surface area contributed by atoms with Gasteiger partial charge < -0.3 is 4.74 Å². The lowest BCUT2D eigenvalue weighted by Crippen LogP contribution is -2.21. The van der Waals surface area contributed by atoms with Crippen LogP contribution in [0.1, 0.15) is 34.1 Å². The molecule has 2 aromatic carbocycles. The van der Waals surface area contributed by atoms with Gasteiger partial charge in [-0.05, 0) is 43.2 Å². The first kappa shape index (κ1) is 20.1. The number of nitrogens with zero attached hydrogens (tertiary/aromatic N) is 3. The highest BCUT2D eigenvalue weighted by atomic mass is 35.5. The Morgan fingerprint density at radius 2 is 1.97 bits per heavy atom. The van der Waals surface area contributed by atoms with Crippen molar-refractivity contribution in [3.8, 4) is 0 Å². The molecule has 8 heteroatoms. The molecular formula is C21H20Cl2FN3O2. The first-order valence-electron chi connectivity index (χ1n) is 9.29. The molecule has 152 valence electrons. The van der Waals surface area contributed by atoms with Crippen LogP contribution in [-0.2, 0) is 11.3 Å². The Hall–Kier alpha value is -2.15. The summed E-state index contributed by atoms with van der Waals surface area (Å²) in [5, 5.41) is 6.63. The molecule has 2 heterocycles. The van der Waals surface area contributed by atoms with Crippen molar-refractivity contribution in [2.45, 2.75) is 25.9 Å². The number of esters is 1. The van der Waals surface area contributed by atoms with Crippen molar-refractivity contribution in [1.82, 2.24) is 14.7 Å². The average Bonchev–Trinajstić information content (AvgIpc) is 3.24. The molecule has 1 saturated heterocycles. The largest absolute Gasteiger partial charge is 0.465 e. The van der Waals surface area contributed by atoms with Crippen molar-refractivity contribution < 1.29 is 13.9 Å². The van der Waals surface area contributed by atoms with Gasteiger partial charge in [-0.15, -0.1) is 0 Å². The van der Waals surface area contributed by atoms with E-state index in [-0.39, 0.29) is 11.6 Å². The fourth-order valence-corrected chi connectivity index (χ4v) is 4.54. The fourth-order valence-electron chi connectivity index (χ4n) is 3.97. The molecule has 0 saturated carbocycles. The van der Waals surface area contributed by atoms with Crippen LogP contribution < -0.4 is 0 Å². The smallest absolute Gasteiger partial charge is 0.340 e. The summed E-state index contributed by atoms with van der Waals surface area (Å²) in [5.41, 5.74) is 2.42. The molecule has 1 aliphatic heterocycles. The lowest BCUT2D eigenvalue weighted by molar-refractivity contribution is 0.0595. The van der Waals surface area contributed by atoms with Crippen molar-refractivity contribution in [3.05, 3.63) is 63.0 Å². The van der Waals surface area contributed by atoms with E-state index >= 15 is 0 Å². The fraction of sp³-hybridized carbons (Fsp3) is 0.333. The summed E-state index contributed by atoms with van der Waals surface area (Å²) in [7, 11) is 1.24. The molecule has 0 N–H and O–H groups in total. The standard InChI is InChI=1S/C21H20Cl2FN3O2/c1-12-17-8-18(21(28)29-2)19(24)9-20(17)27(25-12)16-3-4-26(11-16)10-13-5-14(22)7-15(23)6-13/h5-9,16H,3-4,10-11H2,1-2H3. The van der Waals surface area contributed by atoms with Crippen molar-refractivity contribution in [1.29, 1.82) is 0 Å². The van der Waals surface area contributed by atoms with Gasteiger partial charge in [0.05, 0.1) is 29.9 Å². The number of fused-ring (bicyclic) bond motifs is 1. The predicted octanol–water partition coefficient (Wildman–Crippen LogP) is 5.02. The Labute approximate surface area is 177 Å². The van der Waals surface area contributed by atoms with Crippen LogP contribution in [0.25, 0.3) is 10.9 Å². The molecule has 0 amide bonds. The van der Waals surface area contributed by atoms with E-state index in [1.807, 2.05) is 23.7 Å². The highest BCUT2D eigenvalue weighted by molar-refractivity contribution is 6.34. The summed E-state index contributed by atoms with van der Waals surface area (Å²) in [6.07, 6.45) is 0.894. The molecule has 0 bridgehead atoms. The van der Waals surface area contributed by atoms with Crippen LogP contribution in [0.3, 0.4) is 0 Å². The summed E-state index contributed by atoms with van der Waals surface area (Å²) in [6.45, 7) is 4.26. The average molecular weight is 436 g/mol. The second-order valence-electron chi connectivity index (χ2n) is 7.33. The van der Waals surface area contributed by atoms with E-state index in [0.29, 0.717) is 15.6 Å². The van der Waals surface area contributed by atoms with Gasteiger partial charge in [0, 0.05) is 41.1 Å². The minimum absolute atomic E-state index is 0.0754. The van der Waals surface area contributed by atoms with Crippen LogP contribution in [0.4, 0.5) is 4.39 Å². The number of aromatic nitrogens is 2. The quantitative estimate of drug-likeness (QED) is 0.539. The molecule has 29 heavy (non-hydrogen) atoms. The van der Waals surface area contributed by atoms with E-state index in [0.717, 1.165) is 42.7 Å². The summed E-state index contributed by atoms with van der Waals surface area (Å²) in [6, 6.07) is 8.56. The summed E-state index contributed by atoms with van der Waals surface area (Å²) < 4.78 is 21.0. The highest BCUT2D eigenvalue weighted by Crippen LogP contribution is 2.30. The molecule has 1 fully saturated rings. The van der Waals surface area contributed by atoms with Crippen LogP contribution >= 0.6 is 23.2 Å². The Morgan fingerprint density at radius 3 is 2.66 bits per heavy atom. The summed E-state index contributed by atoms with van der Waals surface area (Å²) >= 11 is 12.2. The van der Waals surface area contributed by atoms with Gasteiger partial charge in [0.1, 0.15) is 5.82 Å². The third-order valence-corrected chi connectivity index (χ3v) is 5.74. The maximum Gasteiger partial charge on any atom is 0.340 e. The molecule has 1 aliphatic rings. The number of hydrogen-bond donors (Lipinski definition) is 0. The number of carbonyl (C=O) groups excluding carboxylic acids is 1. The zero-order chi connectivity index (χ0) is 20.7. The number of likely N-dealkylation sites (tertiary alicyclic amines) is 1. The van der Waals surface area contributed by atoms with Gasteiger partial charge in [-0.3, -0.25) is 9.58 Å². The molecule has 1 aromatic heterocycles. The number of halogens is 3. The first-order valence-corrected chi connectivity index (χ1v) is 10.1. The minimum atomic E-state index is -0.691. The van der Waals surface area contributed by atoms with Gasteiger partial charge in [0.15, 0.2) is 0 Å². The molecular weight excluding hydrogens is 416 g/mol. The van der Waals surface area contributed by atoms with E-state index in [1.165, 1.54) is 19.2 Å². The Bertz CT molecular complexity index is 1080. The Kier molecular flexibility index (Phi) is 5.51.